The Hall–Kier alpha value is -1.29. The summed E-state index contributed by atoms with van der Waals surface area (Å²) >= 11 is 0. The molecule has 1 saturated heterocycles. The molecule has 13 heavy (non-hydrogen) atoms. The van der Waals surface area contributed by atoms with Gasteiger partial charge in [-0.25, -0.2) is 0 Å². The molecule has 1 atom stereocenters. The summed E-state index contributed by atoms with van der Waals surface area (Å²) in [4.78, 5) is 13.0. The molecular weight excluding hydrogens is 168 g/mol. The van der Waals surface area contributed by atoms with Crippen LogP contribution in [0.2, 0.25) is 0 Å². The fourth-order valence-electron chi connectivity index (χ4n) is 1.55. The Morgan fingerprint density at radius 2 is 2.54 bits per heavy atom. The molecule has 0 spiro atoms. The van der Waals surface area contributed by atoms with E-state index in [1.807, 2.05) is 12.1 Å². The van der Waals surface area contributed by atoms with E-state index in [9.17, 15) is 4.79 Å². The fourth-order valence-corrected chi connectivity index (χ4v) is 1.55. The highest BCUT2D eigenvalue weighted by molar-refractivity contribution is 5.79. The maximum atomic E-state index is 11.3. The number of likely N-dealkylation sites (tertiary alicyclic amines) is 1. The van der Waals surface area contributed by atoms with Crippen LogP contribution in [0.25, 0.3) is 0 Å². The van der Waals surface area contributed by atoms with E-state index < -0.39 is 0 Å². The van der Waals surface area contributed by atoms with Gasteiger partial charge in [0.1, 0.15) is 5.76 Å². The van der Waals surface area contributed by atoms with Crippen molar-refractivity contribution in [2.45, 2.75) is 19.0 Å². The minimum atomic E-state index is -0.0116. The molecule has 2 rings (SSSR count). The van der Waals surface area contributed by atoms with E-state index in [1.54, 1.807) is 11.2 Å². The first-order valence-corrected chi connectivity index (χ1v) is 4.31. The van der Waals surface area contributed by atoms with Crippen LogP contribution in [0.15, 0.2) is 22.8 Å². The van der Waals surface area contributed by atoms with Gasteiger partial charge in [-0.2, -0.15) is 0 Å². The average molecular weight is 180 g/mol. The lowest BCUT2D eigenvalue weighted by atomic mass is 10.3. The summed E-state index contributed by atoms with van der Waals surface area (Å²) in [6, 6.07) is 3.66. The van der Waals surface area contributed by atoms with Gasteiger partial charge in [0.25, 0.3) is 0 Å². The zero-order chi connectivity index (χ0) is 9.26. The Labute approximate surface area is 76.3 Å². The summed E-state index contributed by atoms with van der Waals surface area (Å²) in [6.45, 7) is 1.18. The lowest BCUT2D eigenvalue weighted by Gasteiger charge is -2.13. The standard InChI is InChI=1S/C9H12N2O2/c10-7-4-9(12)11(5-7)6-8-2-1-3-13-8/h1-3,7H,4-6,10H2. The Morgan fingerprint density at radius 1 is 1.69 bits per heavy atom. The lowest BCUT2D eigenvalue weighted by Crippen LogP contribution is -2.27. The van der Waals surface area contributed by atoms with Crippen molar-refractivity contribution < 1.29 is 9.21 Å². The number of carbonyl (C=O) groups excluding carboxylic acids is 1. The van der Waals surface area contributed by atoms with Crippen LogP contribution in [0.1, 0.15) is 12.2 Å². The number of hydrogen-bond donors (Lipinski definition) is 1. The van der Waals surface area contributed by atoms with E-state index in [-0.39, 0.29) is 11.9 Å². The molecule has 4 nitrogen and oxygen atoms in total. The summed E-state index contributed by atoms with van der Waals surface area (Å²) in [5, 5.41) is 0. The number of rotatable bonds is 2. The zero-order valence-electron chi connectivity index (χ0n) is 7.27. The molecule has 1 aliphatic heterocycles. The van der Waals surface area contributed by atoms with Crippen LogP contribution in [0.4, 0.5) is 0 Å². The Balaban J connectivity index is 1.99. The molecular formula is C9H12N2O2. The molecule has 0 aliphatic carbocycles. The van der Waals surface area contributed by atoms with Crippen LogP contribution in [-0.2, 0) is 11.3 Å². The van der Waals surface area contributed by atoms with Gasteiger partial charge in [0.2, 0.25) is 5.91 Å². The minimum absolute atomic E-state index is 0.0116. The molecule has 0 radical (unpaired) electrons. The van der Waals surface area contributed by atoms with Crippen LogP contribution in [0, 0.1) is 0 Å². The number of nitrogens with zero attached hydrogens (tertiary/aromatic N) is 1. The molecule has 1 amide bonds. The molecule has 70 valence electrons. The van der Waals surface area contributed by atoms with Gasteiger partial charge in [-0.1, -0.05) is 0 Å². The van der Waals surface area contributed by atoms with Crippen molar-refractivity contribution in [3.8, 4) is 0 Å². The van der Waals surface area contributed by atoms with Gasteiger partial charge in [0.05, 0.1) is 12.8 Å². The topological polar surface area (TPSA) is 59.5 Å². The molecule has 4 heteroatoms. The number of amides is 1. The highest BCUT2D eigenvalue weighted by Gasteiger charge is 2.27. The van der Waals surface area contributed by atoms with E-state index in [0.29, 0.717) is 19.5 Å². The molecule has 0 aromatic carbocycles. The maximum absolute atomic E-state index is 11.3. The van der Waals surface area contributed by atoms with E-state index in [1.165, 1.54) is 0 Å². The van der Waals surface area contributed by atoms with Gasteiger partial charge < -0.3 is 15.1 Å². The summed E-state index contributed by atoms with van der Waals surface area (Å²) in [5.74, 6) is 0.923. The number of hydrogen-bond acceptors (Lipinski definition) is 3. The predicted octanol–water partition coefficient (Wildman–Crippen LogP) is 0.339. The number of carbonyl (C=O) groups is 1. The molecule has 2 N–H and O–H groups in total. The maximum Gasteiger partial charge on any atom is 0.224 e. The minimum Gasteiger partial charge on any atom is -0.467 e. The van der Waals surface area contributed by atoms with Gasteiger partial charge >= 0.3 is 0 Å². The van der Waals surface area contributed by atoms with Crippen molar-refractivity contribution in [2.75, 3.05) is 6.54 Å². The SMILES string of the molecule is NC1CC(=O)N(Cc2ccco2)C1. The predicted molar refractivity (Wildman–Crippen MR) is 46.7 cm³/mol. The first-order chi connectivity index (χ1) is 6.25. The first kappa shape index (κ1) is 8.31. The van der Waals surface area contributed by atoms with Crippen molar-refractivity contribution in [2.24, 2.45) is 5.73 Å². The summed E-state index contributed by atoms with van der Waals surface area (Å²) in [5.41, 5.74) is 5.65. The second-order valence-electron chi connectivity index (χ2n) is 3.32. The van der Waals surface area contributed by atoms with Crippen molar-refractivity contribution in [3.05, 3.63) is 24.2 Å². The van der Waals surface area contributed by atoms with Gasteiger partial charge in [0, 0.05) is 19.0 Å². The molecule has 1 unspecified atom stereocenters. The molecule has 1 aromatic rings. The second kappa shape index (κ2) is 3.22. The summed E-state index contributed by atoms with van der Waals surface area (Å²) in [6.07, 6.45) is 2.07. The number of furan rings is 1. The van der Waals surface area contributed by atoms with Gasteiger partial charge in [-0.05, 0) is 12.1 Å². The Bertz CT molecular complexity index is 295. The van der Waals surface area contributed by atoms with Crippen LogP contribution in [0.3, 0.4) is 0 Å². The van der Waals surface area contributed by atoms with Crippen LogP contribution in [0.5, 0.6) is 0 Å². The third-order valence-electron chi connectivity index (χ3n) is 2.17. The third kappa shape index (κ3) is 1.72. The largest absolute Gasteiger partial charge is 0.467 e. The molecule has 2 heterocycles. The van der Waals surface area contributed by atoms with Crippen molar-refractivity contribution in [1.29, 1.82) is 0 Å². The van der Waals surface area contributed by atoms with Crippen molar-refractivity contribution in [3.63, 3.8) is 0 Å². The Morgan fingerprint density at radius 3 is 3.08 bits per heavy atom. The first-order valence-electron chi connectivity index (χ1n) is 4.31. The van der Waals surface area contributed by atoms with E-state index in [0.717, 1.165) is 5.76 Å². The highest BCUT2D eigenvalue weighted by atomic mass is 16.3. The highest BCUT2D eigenvalue weighted by Crippen LogP contribution is 2.13. The monoisotopic (exact) mass is 180 g/mol. The van der Waals surface area contributed by atoms with Gasteiger partial charge in [-0.15, -0.1) is 0 Å². The van der Waals surface area contributed by atoms with Gasteiger partial charge in [-0.3, -0.25) is 4.79 Å². The smallest absolute Gasteiger partial charge is 0.224 e. The summed E-state index contributed by atoms with van der Waals surface area (Å²) in [7, 11) is 0. The fraction of sp³-hybridized carbons (Fsp3) is 0.444. The second-order valence-corrected chi connectivity index (χ2v) is 3.32. The van der Waals surface area contributed by atoms with E-state index in [4.69, 9.17) is 10.2 Å². The quantitative estimate of drug-likeness (QED) is 0.714. The van der Waals surface area contributed by atoms with Crippen molar-refractivity contribution >= 4 is 5.91 Å². The molecule has 1 aliphatic rings. The lowest BCUT2D eigenvalue weighted by molar-refractivity contribution is -0.128. The Kier molecular flexibility index (Phi) is 2.06. The van der Waals surface area contributed by atoms with Gasteiger partial charge in [0.15, 0.2) is 0 Å². The van der Waals surface area contributed by atoms with Crippen molar-refractivity contribution in [1.82, 2.24) is 4.90 Å². The van der Waals surface area contributed by atoms with E-state index >= 15 is 0 Å². The normalized spacial score (nSPS) is 22.7. The molecule has 1 aromatic heterocycles. The third-order valence-corrected chi connectivity index (χ3v) is 2.17. The van der Waals surface area contributed by atoms with E-state index in [2.05, 4.69) is 0 Å². The van der Waals surface area contributed by atoms with Crippen LogP contribution in [-0.4, -0.2) is 23.4 Å². The zero-order valence-corrected chi connectivity index (χ0v) is 7.27. The summed E-state index contributed by atoms with van der Waals surface area (Å²) < 4.78 is 5.14. The molecule has 0 saturated carbocycles. The average Bonchev–Trinajstić information content (AvgIpc) is 2.63. The van der Waals surface area contributed by atoms with Crippen LogP contribution >= 0.6 is 0 Å². The number of nitrogens with two attached hydrogens (primary N) is 1. The van der Waals surface area contributed by atoms with Crippen LogP contribution < -0.4 is 5.73 Å². The molecule has 1 fully saturated rings. The molecule has 0 bridgehead atoms.